The summed E-state index contributed by atoms with van der Waals surface area (Å²) in [6.07, 6.45) is 1.65. The number of sulfonamides is 1. The summed E-state index contributed by atoms with van der Waals surface area (Å²) < 4.78 is 37.2. The summed E-state index contributed by atoms with van der Waals surface area (Å²) in [5, 5.41) is 0. The molecule has 1 fully saturated rings. The van der Waals surface area contributed by atoms with Crippen molar-refractivity contribution >= 4 is 15.9 Å². The Kier molecular flexibility index (Phi) is 5.90. The fourth-order valence-corrected chi connectivity index (χ4v) is 4.29. The van der Waals surface area contributed by atoms with Gasteiger partial charge >= 0.3 is 0 Å². The quantitative estimate of drug-likeness (QED) is 0.800. The van der Waals surface area contributed by atoms with Crippen LogP contribution in [-0.4, -0.2) is 47.0 Å². The molecule has 150 valence electrons. The summed E-state index contributed by atoms with van der Waals surface area (Å²) in [7, 11) is 0.912. The van der Waals surface area contributed by atoms with Crippen molar-refractivity contribution < 1.29 is 22.7 Å². The van der Waals surface area contributed by atoms with Crippen LogP contribution in [0.4, 0.5) is 0 Å². The molecule has 0 aromatic heterocycles. The van der Waals surface area contributed by atoms with Crippen molar-refractivity contribution in [2.75, 3.05) is 27.8 Å². The van der Waals surface area contributed by atoms with E-state index < -0.39 is 10.0 Å². The second kappa shape index (κ2) is 8.20. The minimum Gasteiger partial charge on any atom is -0.497 e. The first-order valence-electron chi connectivity index (χ1n) is 8.97. The minimum absolute atomic E-state index is 0.0653. The van der Waals surface area contributed by atoms with Gasteiger partial charge < -0.3 is 14.4 Å². The first kappa shape index (κ1) is 20.2. The average Bonchev–Trinajstić information content (AvgIpc) is 3.22. The predicted molar refractivity (Wildman–Crippen MR) is 105 cm³/mol. The third-order valence-corrected chi connectivity index (χ3v) is 6.38. The van der Waals surface area contributed by atoms with Crippen LogP contribution in [0.1, 0.15) is 34.8 Å². The Labute approximate surface area is 165 Å². The van der Waals surface area contributed by atoms with Gasteiger partial charge in [-0.15, -0.1) is 0 Å². The Morgan fingerprint density at radius 2 is 1.93 bits per heavy atom. The van der Waals surface area contributed by atoms with E-state index in [1.165, 1.54) is 19.2 Å². The summed E-state index contributed by atoms with van der Waals surface area (Å²) in [5.74, 6) is 1.18. The van der Waals surface area contributed by atoms with Crippen LogP contribution >= 0.6 is 0 Å². The van der Waals surface area contributed by atoms with Crippen molar-refractivity contribution in [1.82, 2.24) is 9.62 Å². The lowest BCUT2D eigenvalue weighted by atomic mass is 10.0. The van der Waals surface area contributed by atoms with Crippen LogP contribution in [0.5, 0.6) is 11.5 Å². The molecule has 1 N–H and O–H groups in total. The van der Waals surface area contributed by atoms with Gasteiger partial charge in [0, 0.05) is 17.7 Å². The lowest BCUT2D eigenvalue weighted by molar-refractivity contribution is 0.0733. The minimum atomic E-state index is -3.62. The molecule has 2 aromatic carbocycles. The second-order valence-corrected chi connectivity index (χ2v) is 8.39. The largest absolute Gasteiger partial charge is 0.497 e. The molecule has 0 saturated carbocycles. The second-order valence-electron chi connectivity index (χ2n) is 6.50. The van der Waals surface area contributed by atoms with Gasteiger partial charge in [-0.1, -0.05) is 6.07 Å². The van der Waals surface area contributed by atoms with Crippen LogP contribution < -0.4 is 14.2 Å². The van der Waals surface area contributed by atoms with Crippen LogP contribution in [0.2, 0.25) is 0 Å². The number of nitrogens with one attached hydrogen (secondary N) is 1. The van der Waals surface area contributed by atoms with Crippen molar-refractivity contribution in [2.24, 2.45) is 0 Å². The third kappa shape index (κ3) is 3.83. The highest BCUT2D eigenvalue weighted by Gasteiger charge is 2.33. The molecule has 0 spiro atoms. The van der Waals surface area contributed by atoms with Gasteiger partial charge in [0.05, 0.1) is 25.2 Å². The Morgan fingerprint density at radius 1 is 1.14 bits per heavy atom. The van der Waals surface area contributed by atoms with Gasteiger partial charge in [0.2, 0.25) is 10.0 Å². The molecule has 1 saturated heterocycles. The van der Waals surface area contributed by atoms with Crippen molar-refractivity contribution in [2.45, 2.75) is 23.8 Å². The SMILES string of the molecule is CNS(=O)(=O)c1cccc(C(=O)N2CCCC2c2cc(OC)ccc2OC)c1. The number of nitrogens with zero attached hydrogens (tertiary/aromatic N) is 1. The topological polar surface area (TPSA) is 84.9 Å². The monoisotopic (exact) mass is 404 g/mol. The first-order valence-corrected chi connectivity index (χ1v) is 10.5. The molecule has 7 nitrogen and oxygen atoms in total. The van der Waals surface area contributed by atoms with E-state index in [2.05, 4.69) is 4.72 Å². The molecule has 0 aliphatic carbocycles. The van der Waals surface area contributed by atoms with Crippen LogP contribution in [-0.2, 0) is 10.0 Å². The maximum absolute atomic E-state index is 13.2. The molecule has 0 bridgehead atoms. The number of methoxy groups -OCH3 is 2. The summed E-state index contributed by atoms with van der Waals surface area (Å²) in [6, 6.07) is 11.5. The number of hydrogen-bond donors (Lipinski definition) is 1. The van der Waals surface area contributed by atoms with E-state index in [4.69, 9.17) is 9.47 Å². The zero-order valence-electron chi connectivity index (χ0n) is 16.1. The molecule has 28 heavy (non-hydrogen) atoms. The highest BCUT2D eigenvalue weighted by atomic mass is 32.2. The van der Waals surface area contributed by atoms with E-state index in [0.717, 1.165) is 18.4 Å². The van der Waals surface area contributed by atoms with E-state index in [-0.39, 0.29) is 16.8 Å². The molecule has 1 amide bonds. The van der Waals surface area contributed by atoms with Crippen molar-refractivity contribution in [1.29, 1.82) is 0 Å². The van der Waals surface area contributed by atoms with Gasteiger partial charge in [-0.05, 0) is 56.3 Å². The van der Waals surface area contributed by atoms with Crippen LogP contribution in [0, 0.1) is 0 Å². The van der Waals surface area contributed by atoms with Crippen molar-refractivity contribution in [3.05, 3.63) is 53.6 Å². The Hall–Kier alpha value is -2.58. The van der Waals surface area contributed by atoms with Gasteiger partial charge in [0.15, 0.2) is 0 Å². The zero-order valence-corrected chi connectivity index (χ0v) is 17.0. The number of amides is 1. The average molecular weight is 404 g/mol. The number of rotatable bonds is 6. The van der Waals surface area contributed by atoms with Gasteiger partial charge in [-0.25, -0.2) is 13.1 Å². The number of benzene rings is 2. The molecule has 1 atom stereocenters. The Morgan fingerprint density at radius 3 is 2.61 bits per heavy atom. The molecule has 2 aromatic rings. The summed E-state index contributed by atoms with van der Waals surface area (Å²) in [5.41, 5.74) is 1.22. The number of carbonyl (C=O) groups is 1. The Balaban J connectivity index is 1.96. The van der Waals surface area contributed by atoms with E-state index in [0.29, 0.717) is 23.6 Å². The normalized spacial score (nSPS) is 16.8. The number of ether oxygens (including phenoxy) is 2. The smallest absolute Gasteiger partial charge is 0.254 e. The van der Waals surface area contributed by atoms with E-state index in [1.807, 2.05) is 18.2 Å². The van der Waals surface area contributed by atoms with E-state index in [1.54, 1.807) is 31.3 Å². The summed E-state index contributed by atoms with van der Waals surface area (Å²) >= 11 is 0. The fraction of sp³-hybridized carbons (Fsp3) is 0.350. The molecule has 3 rings (SSSR count). The van der Waals surface area contributed by atoms with E-state index >= 15 is 0 Å². The maximum atomic E-state index is 13.2. The van der Waals surface area contributed by atoms with Gasteiger partial charge in [0.1, 0.15) is 11.5 Å². The summed E-state index contributed by atoms with van der Waals surface area (Å²) in [4.78, 5) is 15.0. The van der Waals surface area contributed by atoms with Gasteiger partial charge in [-0.2, -0.15) is 0 Å². The number of likely N-dealkylation sites (tertiary alicyclic amines) is 1. The van der Waals surface area contributed by atoms with Crippen LogP contribution in [0.25, 0.3) is 0 Å². The van der Waals surface area contributed by atoms with E-state index in [9.17, 15) is 13.2 Å². The first-order chi connectivity index (χ1) is 13.4. The lowest BCUT2D eigenvalue weighted by Crippen LogP contribution is -2.31. The number of hydrogen-bond acceptors (Lipinski definition) is 5. The van der Waals surface area contributed by atoms with Gasteiger partial charge in [0.25, 0.3) is 5.91 Å². The third-order valence-electron chi connectivity index (χ3n) is 4.97. The summed E-state index contributed by atoms with van der Waals surface area (Å²) in [6.45, 7) is 0.590. The van der Waals surface area contributed by atoms with Crippen LogP contribution in [0.15, 0.2) is 47.4 Å². The molecule has 1 aliphatic rings. The fourth-order valence-electron chi connectivity index (χ4n) is 3.51. The van der Waals surface area contributed by atoms with Crippen LogP contribution in [0.3, 0.4) is 0 Å². The number of carbonyl (C=O) groups excluding carboxylic acids is 1. The predicted octanol–water partition coefficient (Wildman–Crippen LogP) is 2.59. The molecule has 8 heteroatoms. The maximum Gasteiger partial charge on any atom is 0.254 e. The van der Waals surface area contributed by atoms with Crippen molar-refractivity contribution in [3.8, 4) is 11.5 Å². The standard InChI is InChI=1S/C20H24N2O5S/c1-21-28(24,25)16-7-4-6-14(12-16)20(23)22-11-5-8-18(22)17-13-15(26-2)9-10-19(17)27-3/h4,6-7,9-10,12-13,18,21H,5,8,11H2,1-3H3. The highest BCUT2D eigenvalue weighted by Crippen LogP contribution is 2.39. The lowest BCUT2D eigenvalue weighted by Gasteiger charge is -2.27. The molecular formula is C20H24N2O5S. The zero-order chi connectivity index (χ0) is 20.3. The molecule has 1 heterocycles. The molecule has 1 aliphatic heterocycles. The van der Waals surface area contributed by atoms with Gasteiger partial charge in [-0.3, -0.25) is 4.79 Å². The molecule has 0 radical (unpaired) electrons. The van der Waals surface area contributed by atoms with Crippen molar-refractivity contribution in [3.63, 3.8) is 0 Å². The molecular weight excluding hydrogens is 380 g/mol. The molecule has 1 unspecified atom stereocenters. The highest BCUT2D eigenvalue weighted by molar-refractivity contribution is 7.89. The Bertz CT molecular complexity index is 974.